The molecular formula is C23H22N2O3. The summed E-state index contributed by atoms with van der Waals surface area (Å²) in [5, 5.41) is 4.99. The molecule has 5 nitrogen and oxygen atoms in total. The van der Waals surface area contributed by atoms with E-state index in [0.29, 0.717) is 19.7 Å². The molecule has 142 valence electrons. The van der Waals surface area contributed by atoms with Gasteiger partial charge in [-0.3, -0.25) is 9.59 Å². The van der Waals surface area contributed by atoms with Crippen LogP contribution in [0.1, 0.15) is 6.42 Å². The topological polar surface area (TPSA) is 58.6 Å². The fourth-order valence-corrected chi connectivity index (χ4v) is 3.56. The molecule has 1 aliphatic heterocycles. The van der Waals surface area contributed by atoms with Gasteiger partial charge in [0.2, 0.25) is 11.8 Å². The molecule has 1 heterocycles. The van der Waals surface area contributed by atoms with Gasteiger partial charge in [0.25, 0.3) is 0 Å². The summed E-state index contributed by atoms with van der Waals surface area (Å²) in [5.74, 6) is 0.308. The molecular weight excluding hydrogens is 352 g/mol. The molecule has 2 amide bonds. The van der Waals surface area contributed by atoms with Gasteiger partial charge in [-0.05, 0) is 23.6 Å². The van der Waals surface area contributed by atoms with Gasteiger partial charge in [0.15, 0.2) is 0 Å². The first-order valence-electron chi connectivity index (χ1n) is 9.46. The van der Waals surface area contributed by atoms with Crippen molar-refractivity contribution in [2.75, 3.05) is 24.6 Å². The summed E-state index contributed by atoms with van der Waals surface area (Å²) in [5.41, 5.74) is 0.866. The zero-order valence-electron chi connectivity index (χ0n) is 15.5. The number of hydrogen-bond donors (Lipinski definition) is 1. The van der Waals surface area contributed by atoms with E-state index in [1.54, 1.807) is 4.90 Å². The Bertz CT molecular complexity index is 982. The van der Waals surface area contributed by atoms with Gasteiger partial charge in [0.05, 0.1) is 18.2 Å². The second kappa shape index (κ2) is 8.13. The molecule has 1 N–H and O–H groups in total. The highest BCUT2D eigenvalue weighted by atomic mass is 16.5. The normalized spacial score (nSPS) is 16.4. The zero-order chi connectivity index (χ0) is 19.3. The van der Waals surface area contributed by atoms with Gasteiger partial charge < -0.3 is 15.0 Å². The van der Waals surface area contributed by atoms with Gasteiger partial charge in [-0.15, -0.1) is 0 Å². The van der Waals surface area contributed by atoms with Crippen LogP contribution in [0.2, 0.25) is 0 Å². The average molecular weight is 374 g/mol. The van der Waals surface area contributed by atoms with E-state index in [1.165, 1.54) is 0 Å². The molecule has 1 aliphatic rings. The Morgan fingerprint density at radius 3 is 2.61 bits per heavy atom. The van der Waals surface area contributed by atoms with E-state index in [2.05, 4.69) is 5.32 Å². The van der Waals surface area contributed by atoms with Crippen molar-refractivity contribution in [1.29, 1.82) is 0 Å². The lowest BCUT2D eigenvalue weighted by Crippen LogP contribution is -2.35. The molecule has 1 atom stereocenters. The first kappa shape index (κ1) is 18.0. The van der Waals surface area contributed by atoms with E-state index in [9.17, 15) is 9.59 Å². The average Bonchev–Trinajstić information content (AvgIpc) is 3.13. The number of rotatable bonds is 6. The quantitative estimate of drug-likeness (QED) is 0.673. The Kier molecular flexibility index (Phi) is 5.24. The Balaban J connectivity index is 1.35. The Morgan fingerprint density at radius 2 is 1.75 bits per heavy atom. The molecule has 1 saturated heterocycles. The minimum Gasteiger partial charge on any atom is -0.492 e. The fourth-order valence-electron chi connectivity index (χ4n) is 3.56. The van der Waals surface area contributed by atoms with Crippen LogP contribution in [-0.4, -0.2) is 31.5 Å². The third kappa shape index (κ3) is 3.83. The molecule has 28 heavy (non-hydrogen) atoms. The number of nitrogens with zero attached hydrogens (tertiary/aromatic N) is 1. The van der Waals surface area contributed by atoms with Crippen LogP contribution in [-0.2, 0) is 9.59 Å². The maximum Gasteiger partial charge on any atom is 0.227 e. The van der Waals surface area contributed by atoms with E-state index in [-0.39, 0.29) is 24.2 Å². The number of anilines is 1. The number of amides is 2. The van der Waals surface area contributed by atoms with Crippen LogP contribution < -0.4 is 15.0 Å². The number of carbonyl (C=O) groups excluding carboxylic acids is 2. The Labute approximate surface area is 163 Å². The second-order valence-electron chi connectivity index (χ2n) is 6.86. The molecule has 0 bridgehead atoms. The van der Waals surface area contributed by atoms with Crippen molar-refractivity contribution in [2.45, 2.75) is 6.42 Å². The zero-order valence-corrected chi connectivity index (χ0v) is 15.5. The van der Waals surface area contributed by atoms with Crippen LogP contribution in [0.25, 0.3) is 10.8 Å². The van der Waals surface area contributed by atoms with Gasteiger partial charge in [0.1, 0.15) is 12.4 Å². The highest BCUT2D eigenvalue weighted by molar-refractivity contribution is 6.06. The first-order valence-corrected chi connectivity index (χ1v) is 9.46. The summed E-state index contributed by atoms with van der Waals surface area (Å²) in [7, 11) is 0. The van der Waals surface area contributed by atoms with Crippen LogP contribution >= 0.6 is 0 Å². The third-order valence-electron chi connectivity index (χ3n) is 4.97. The predicted octanol–water partition coefficient (Wildman–Crippen LogP) is 3.39. The maximum absolute atomic E-state index is 12.6. The van der Waals surface area contributed by atoms with Gasteiger partial charge in [-0.25, -0.2) is 0 Å². The molecule has 5 heteroatoms. The van der Waals surface area contributed by atoms with Crippen LogP contribution in [0, 0.1) is 5.92 Å². The van der Waals surface area contributed by atoms with Crippen molar-refractivity contribution in [2.24, 2.45) is 5.92 Å². The highest BCUT2D eigenvalue weighted by Gasteiger charge is 2.35. The van der Waals surface area contributed by atoms with Crippen molar-refractivity contribution in [1.82, 2.24) is 5.32 Å². The number of hydrogen-bond acceptors (Lipinski definition) is 3. The smallest absolute Gasteiger partial charge is 0.227 e. The summed E-state index contributed by atoms with van der Waals surface area (Å²) in [6.45, 7) is 1.20. The Hall–Kier alpha value is -3.34. The number of fused-ring (bicyclic) bond motifs is 1. The van der Waals surface area contributed by atoms with Crippen LogP contribution in [0.5, 0.6) is 5.75 Å². The van der Waals surface area contributed by atoms with Crippen molar-refractivity contribution in [3.05, 3.63) is 72.8 Å². The maximum atomic E-state index is 12.6. The van der Waals surface area contributed by atoms with E-state index < -0.39 is 0 Å². The number of para-hydroxylation sites is 1. The van der Waals surface area contributed by atoms with Gasteiger partial charge >= 0.3 is 0 Å². The Morgan fingerprint density at radius 1 is 1.00 bits per heavy atom. The van der Waals surface area contributed by atoms with E-state index in [4.69, 9.17) is 4.74 Å². The molecule has 0 radical (unpaired) electrons. The molecule has 3 aromatic carbocycles. The standard InChI is InChI=1S/C23H22N2O3/c26-22-15-18(23(27)24-13-14-28-19-9-2-1-3-10-19)16-25(22)21-12-6-8-17-7-4-5-11-20(17)21/h1-12,18H,13-16H2,(H,24,27). The fraction of sp³-hybridized carbons (Fsp3) is 0.217. The molecule has 4 rings (SSSR count). The van der Waals surface area contributed by atoms with Gasteiger partial charge in [-0.2, -0.15) is 0 Å². The third-order valence-corrected chi connectivity index (χ3v) is 4.97. The molecule has 0 saturated carbocycles. The number of benzene rings is 3. The van der Waals surface area contributed by atoms with Crippen molar-refractivity contribution in [3.8, 4) is 5.75 Å². The summed E-state index contributed by atoms with van der Waals surface area (Å²) in [4.78, 5) is 26.8. The monoisotopic (exact) mass is 374 g/mol. The molecule has 0 aromatic heterocycles. The van der Waals surface area contributed by atoms with E-state index >= 15 is 0 Å². The van der Waals surface area contributed by atoms with E-state index in [1.807, 2.05) is 72.8 Å². The van der Waals surface area contributed by atoms with Crippen LogP contribution in [0.15, 0.2) is 72.8 Å². The SMILES string of the molecule is O=C(NCCOc1ccccc1)C1CC(=O)N(c2cccc3ccccc23)C1. The molecule has 0 aliphatic carbocycles. The van der Waals surface area contributed by atoms with Gasteiger partial charge in [0, 0.05) is 18.4 Å². The number of carbonyl (C=O) groups is 2. The summed E-state index contributed by atoms with van der Waals surface area (Å²) in [6, 6.07) is 23.4. The minimum atomic E-state index is -0.344. The summed E-state index contributed by atoms with van der Waals surface area (Å²) in [6.07, 6.45) is 0.231. The van der Waals surface area contributed by atoms with Crippen molar-refractivity contribution in [3.63, 3.8) is 0 Å². The molecule has 3 aromatic rings. The lowest BCUT2D eigenvalue weighted by Gasteiger charge is -2.19. The lowest BCUT2D eigenvalue weighted by molar-refractivity contribution is -0.126. The van der Waals surface area contributed by atoms with Crippen molar-refractivity contribution < 1.29 is 14.3 Å². The molecule has 0 spiro atoms. The minimum absolute atomic E-state index is 0.0166. The highest BCUT2D eigenvalue weighted by Crippen LogP contribution is 2.31. The predicted molar refractivity (Wildman–Crippen MR) is 109 cm³/mol. The van der Waals surface area contributed by atoms with Crippen molar-refractivity contribution >= 4 is 28.3 Å². The summed E-state index contributed by atoms with van der Waals surface area (Å²) < 4.78 is 5.59. The second-order valence-corrected chi connectivity index (χ2v) is 6.86. The largest absolute Gasteiger partial charge is 0.492 e. The van der Waals surface area contributed by atoms with Crippen LogP contribution in [0.4, 0.5) is 5.69 Å². The van der Waals surface area contributed by atoms with Crippen LogP contribution in [0.3, 0.4) is 0 Å². The van der Waals surface area contributed by atoms with Gasteiger partial charge in [-0.1, -0.05) is 54.6 Å². The lowest BCUT2D eigenvalue weighted by atomic mass is 10.1. The number of ether oxygens (including phenoxy) is 1. The van der Waals surface area contributed by atoms with E-state index in [0.717, 1.165) is 22.2 Å². The number of nitrogens with one attached hydrogen (secondary N) is 1. The molecule has 1 unspecified atom stereocenters. The first-order chi connectivity index (χ1) is 13.7. The molecule has 1 fully saturated rings. The summed E-state index contributed by atoms with van der Waals surface area (Å²) >= 11 is 0.